The van der Waals surface area contributed by atoms with Crippen LogP contribution in [0.3, 0.4) is 0 Å². The van der Waals surface area contributed by atoms with Crippen LogP contribution in [0.15, 0.2) is 97.1 Å². The van der Waals surface area contributed by atoms with Crippen molar-refractivity contribution in [2.75, 3.05) is 34.8 Å². The molecule has 2 heterocycles. The topological polar surface area (TPSA) is 52.7 Å². The van der Waals surface area contributed by atoms with Gasteiger partial charge in [0, 0.05) is 59.7 Å². The van der Waals surface area contributed by atoms with E-state index in [0.29, 0.717) is 29.9 Å². The Morgan fingerprint density at radius 1 is 0.897 bits per heavy atom. The van der Waals surface area contributed by atoms with Gasteiger partial charge in [0.1, 0.15) is 5.82 Å². The van der Waals surface area contributed by atoms with Gasteiger partial charge in [0.25, 0.3) is 11.8 Å². The Bertz CT molecular complexity index is 1510. The molecule has 2 aliphatic heterocycles. The van der Waals surface area contributed by atoms with Crippen molar-refractivity contribution in [3.63, 3.8) is 0 Å². The fourth-order valence-electron chi connectivity index (χ4n) is 5.33. The van der Waals surface area contributed by atoms with Crippen molar-refractivity contribution >= 4 is 35.0 Å². The van der Waals surface area contributed by atoms with Crippen molar-refractivity contribution in [3.05, 3.63) is 120 Å². The molecule has 0 aromatic heterocycles. The lowest BCUT2D eigenvalue weighted by atomic mass is 9.99. The number of hydrogen-bond acceptors (Lipinski definition) is 4. The Labute approximate surface area is 231 Å². The summed E-state index contributed by atoms with van der Waals surface area (Å²) in [4.78, 5) is 31.1. The van der Waals surface area contributed by atoms with Crippen LogP contribution in [0.4, 0.5) is 15.8 Å². The number of halogens is 1. The summed E-state index contributed by atoms with van der Waals surface area (Å²) in [7, 11) is 0. The Morgan fingerprint density at radius 3 is 2.49 bits per heavy atom. The van der Waals surface area contributed by atoms with Gasteiger partial charge in [-0.25, -0.2) is 4.39 Å². The number of thioether (sulfide) groups is 1. The summed E-state index contributed by atoms with van der Waals surface area (Å²) < 4.78 is 14.1. The molecule has 0 aliphatic carbocycles. The van der Waals surface area contributed by atoms with Gasteiger partial charge in [-0.15, -0.1) is 0 Å². The molecule has 0 radical (unpaired) electrons. The summed E-state index contributed by atoms with van der Waals surface area (Å²) in [5.41, 5.74) is 5.12. The molecule has 2 aliphatic rings. The number of nitrogens with one attached hydrogen (secondary N) is 1. The first-order chi connectivity index (χ1) is 19.1. The highest BCUT2D eigenvalue weighted by Crippen LogP contribution is 2.32. The summed E-state index contributed by atoms with van der Waals surface area (Å²) >= 11 is 1.89. The summed E-state index contributed by atoms with van der Waals surface area (Å²) in [6, 6.07) is 29.2. The van der Waals surface area contributed by atoms with E-state index >= 15 is 0 Å². The molecule has 0 saturated carbocycles. The molecular formula is C32H28FN3O2S. The second kappa shape index (κ2) is 11.0. The number of carbonyl (C=O) groups excluding carboxylic acids is 2. The first-order valence-corrected chi connectivity index (χ1v) is 14.2. The van der Waals surface area contributed by atoms with Gasteiger partial charge in [-0.3, -0.25) is 14.5 Å². The third kappa shape index (κ3) is 5.33. The zero-order chi connectivity index (χ0) is 26.8. The normalized spacial score (nSPS) is 17.1. The van der Waals surface area contributed by atoms with Crippen LogP contribution >= 0.6 is 11.8 Å². The van der Waals surface area contributed by atoms with Crippen LogP contribution in [-0.2, 0) is 6.54 Å². The molecule has 1 atom stereocenters. The second-order valence-electron chi connectivity index (χ2n) is 9.83. The van der Waals surface area contributed by atoms with E-state index in [2.05, 4.69) is 10.2 Å². The van der Waals surface area contributed by atoms with E-state index in [4.69, 9.17) is 0 Å². The van der Waals surface area contributed by atoms with Crippen molar-refractivity contribution in [2.45, 2.75) is 12.6 Å². The minimum absolute atomic E-state index is 0.132. The molecule has 4 aromatic rings. The number of carbonyl (C=O) groups is 2. The number of amides is 2. The van der Waals surface area contributed by atoms with Gasteiger partial charge in [0.15, 0.2) is 0 Å². The third-order valence-electron chi connectivity index (χ3n) is 7.34. The highest BCUT2D eigenvalue weighted by molar-refractivity contribution is 7.99. The molecule has 6 rings (SSSR count). The molecule has 0 spiro atoms. The van der Waals surface area contributed by atoms with E-state index in [1.165, 1.54) is 6.07 Å². The summed E-state index contributed by atoms with van der Waals surface area (Å²) in [5.74, 6) is 1.34. The lowest BCUT2D eigenvalue weighted by Crippen LogP contribution is -2.47. The lowest BCUT2D eigenvalue weighted by Gasteiger charge is -2.35. The summed E-state index contributed by atoms with van der Waals surface area (Å²) in [6.45, 7) is 2.12. The molecule has 196 valence electrons. The van der Waals surface area contributed by atoms with Gasteiger partial charge in [-0.1, -0.05) is 48.5 Å². The predicted octanol–water partition coefficient (Wildman–Crippen LogP) is 6.32. The van der Waals surface area contributed by atoms with Crippen LogP contribution in [0.1, 0.15) is 26.3 Å². The fourth-order valence-corrected chi connectivity index (χ4v) is 6.45. The van der Waals surface area contributed by atoms with Crippen molar-refractivity contribution in [1.29, 1.82) is 0 Å². The Balaban J connectivity index is 1.23. The Kier molecular flexibility index (Phi) is 7.18. The molecule has 1 saturated heterocycles. The molecule has 1 fully saturated rings. The van der Waals surface area contributed by atoms with Gasteiger partial charge < -0.3 is 10.2 Å². The van der Waals surface area contributed by atoms with Crippen LogP contribution in [-0.4, -0.2) is 47.4 Å². The van der Waals surface area contributed by atoms with E-state index in [9.17, 15) is 14.0 Å². The lowest BCUT2D eigenvalue weighted by molar-refractivity contribution is 0.0978. The number of nitrogens with zero attached hydrogens (tertiary/aromatic N) is 2. The van der Waals surface area contributed by atoms with Gasteiger partial charge >= 0.3 is 0 Å². The monoisotopic (exact) mass is 537 g/mol. The zero-order valence-corrected chi connectivity index (χ0v) is 22.2. The molecule has 39 heavy (non-hydrogen) atoms. The molecule has 0 bridgehead atoms. The quantitative estimate of drug-likeness (QED) is 0.331. The molecular weight excluding hydrogens is 509 g/mol. The van der Waals surface area contributed by atoms with Gasteiger partial charge in [0.05, 0.1) is 0 Å². The van der Waals surface area contributed by atoms with Crippen molar-refractivity contribution < 1.29 is 14.0 Å². The average Bonchev–Trinajstić information content (AvgIpc) is 3.14. The standard InChI is InChI=1S/C32H28FN3O2S/c33-25-12-15-30-24(18-25)19-35-16-17-39-21-27(35)20-36(30)32(38)23-10-13-26(14-11-23)34-31(37)29-9-5-4-8-28(29)22-6-2-1-3-7-22/h1-15,18,27H,16-17,19-21H2,(H,34,37). The highest BCUT2D eigenvalue weighted by atomic mass is 32.2. The fraction of sp³-hybridized carbons (Fsp3) is 0.188. The Hall–Kier alpha value is -3.94. The van der Waals surface area contributed by atoms with Gasteiger partial charge in [-0.2, -0.15) is 11.8 Å². The number of benzene rings is 4. The first kappa shape index (κ1) is 25.3. The van der Waals surface area contributed by atoms with Crippen molar-refractivity contribution in [3.8, 4) is 11.1 Å². The average molecular weight is 538 g/mol. The number of rotatable bonds is 4. The maximum Gasteiger partial charge on any atom is 0.258 e. The second-order valence-corrected chi connectivity index (χ2v) is 11.0. The van der Waals surface area contributed by atoms with Crippen LogP contribution < -0.4 is 10.2 Å². The van der Waals surface area contributed by atoms with E-state index in [1.54, 1.807) is 41.3 Å². The van der Waals surface area contributed by atoms with Crippen LogP contribution in [0, 0.1) is 5.82 Å². The first-order valence-electron chi connectivity index (χ1n) is 13.0. The largest absolute Gasteiger partial charge is 0.322 e. The predicted molar refractivity (Wildman–Crippen MR) is 156 cm³/mol. The number of anilines is 2. The molecule has 4 aromatic carbocycles. The van der Waals surface area contributed by atoms with Gasteiger partial charge in [0.2, 0.25) is 0 Å². The molecule has 7 heteroatoms. The van der Waals surface area contributed by atoms with E-state index in [-0.39, 0.29) is 23.7 Å². The summed E-state index contributed by atoms with van der Waals surface area (Å²) in [6.07, 6.45) is 0. The van der Waals surface area contributed by atoms with E-state index in [0.717, 1.165) is 40.4 Å². The molecule has 1 unspecified atom stereocenters. The zero-order valence-electron chi connectivity index (χ0n) is 21.3. The maximum atomic E-state index is 14.1. The molecule has 1 N–H and O–H groups in total. The van der Waals surface area contributed by atoms with Crippen molar-refractivity contribution in [2.24, 2.45) is 0 Å². The van der Waals surface area contributed by atoms with Crippen LogP contribution in [0.25, 0.3) is 11.1 Å². The van der Waals surface area contributed by atoms with Crippen LogP contribution in [0.5, 0.6) is 0 Å². The van der Waals surface area contributed by atoms with E-state index in [1.807, 2.05) is 66.4 Å². The van der Waals surface area contributed by atoms with E-state index < -0.39 is 0 Å². The smallest absolute Gasteiger partial charge is 0.258 e. The number of fused-ring (bicyclic) bond motifs is 2. The summed E-state index contributed by atoms with van der Waals surface area (Å²) in [5, 5.41) is 2.97. The number of hydrogen-bond donors (Lipinski definition) is 1. The molecule has 5 nitrogen and oxygen atoms in total. The third-order valence-corrected chi connectivity index (χ3v) is 8.43. The highest BCUT2D eigenvalue weighted by Gasteiger charge is 2.33. The molecule has 2 amide bonds. The van der Waals surface area contributed by atoms with Gasteiger partial charge in [-0.05, 0) is 65.2 Å². The van der Waals surface area contributed by atoms with Crippen molar-refractivity contribution in [1.82, 2.24) is 4.90 Å². The minimum atomic E-state index is -0.292. The maximum absolute atomic E-state index is 14.1. The van der Waals surface area contributed by atoms with Crippen LogP contribution in [0.2, 0.25) is 0 Å². The minimum Gasteiger partial charge on any atom is -0.322 e. The SMILES string of the molecule is O=C(Nc1ccc(C(=O)N2CC3CSCCN3Cc3cc(F)ccc32)cc1)c1ccccc1-c1ccccc1. The Morgan fingerprint density at radius 2 is 1.67 bits per heavy atom.